The van der Waals surface area contributed by atoms with E-state index in [0.717, 1.165) is 4.88 Å². The largest absolute Gasteiger partial charge is 0.465 e. The predicted molar refractivity (Wildman–Crippen MR) is 160 cm³/mol. The molecule has 0 bridgehead atoms. The molecule has 2 aliphatic rings. The van der Waals surface area contributed by atoms with Gasteiger partial charge in [-0.05, 0) is 55.5 Å². The second-order valence-electron chi connectivity index (χ2n) is 9.55. The summed E-state index contributed by atoms with van der Waals surface area (Å²) in [5.41, 5.74) is 8.78. The van der Waals surface area contributed by atoms with Crippen LogP contribution < -0.4 is 10.6 Å². The lowest BCUT2D eigenvalue weighted by Gasteiger charge is -2.44. The van der Waals surface area contributed by atoms with Gasteiger partial charge in [0.25, 0.3) is 0 Å². The number of anilines is 1. The second-order valence-corrected chi connectivity index (χ2v) is 11.3. The smallest absolute Gasteiger partial charge is 0.338 e. The number of ether oxygens (including phenoxy) is 2. The molecule has 2 aromatic carbocycles. The fourth-order valence-electron chi connectivity index (χ4n) is 5.64. The normalized spacial score (nSPS) is 20.6. The molecule has 1 aromatic heterocycles. The fourth-order valence-corrected chi connectivity index (χ4v) is 6.92. The van der Waals surface area contributed by atoms with Gasteiger partial charge in [0.1, 0.15) is 11.7 Å². The van der Waals surface area contributed by atoms with E-state index in [0.29, 0.717) is 16.9 Å². The van der Waals surface area contributed by atoms with Crippen molar-refractivity contribution >= 4 is 57.9 Å². The molecule has 2 N–H and O–H groups in total. The Bertz CT molecular complexity index is 1550. The standard InChI is InChI=1S/C31H28Cl2N2O5S/c1-3-39-30(37)24-19(22-14-9-15-41-22)16-21-25(28(24)36)23(18-12-8-13-20(32)27(18)33)26(31(38)40-4-2)29(34)35(21)17-10-6-5-7-11-17/h5-15,19,23-24H,3-4,16,34H2,1-2H3/t19-,23-,24-/m1/s1. The Morgan fingerprint density at radius 2 is 1.73 bits per heavy atom. The van der Waals surface area contributed by atoms with E-state index >= 15 is 0 Å². The molecule has 0 unspecified atom stereocenters. The van der Waals surface area contributed by atoms with Crippen molar-refractivity contribution in [2.24, 2.45) is 11.7 Å². The van der Waals surface area contributed by atoms with Crippen LogP contribution in [0.4, 0.5) is 5.69 Å². The summed E-state index contributed by atoms with van der Waals surface area (Å²) in [4.78, 5) is 44.4. The number of hydrogen-bond donors (Lipinski definition) is 1. The number of benzene rings is 2. The van der Waals surface area contributed by atoms with E-state index in [-0.39, 0.29) is 46.6 Å². The van der Waals surface area contributed by atoms with Crippen LogP contribution >= 0.6 is 34.5 Å². The summed E-state index contributed by atoms with van der Waals surface area (Å²) in [6.07, 6.45) is 0.283. The van der Waals surface area contributed by atoms with Gasteiger partial charge in [-0.1, -0.05) is 59.6 Å². The molecule has 1 aliphatic carbocycles. The molecule has 7 nitrogen and oxygen atoms in total. The summed E-state index contributed by atoms with van der Waals surface area (Å²) in [7, 11) is 0. The molecule has 0 radical (unpaired) electrons. The molecule has 41 heavy (non-hydrogen) atoms. The SMILES string of the molecule is CCOC(=O)C1=C(N)N(c2ccccc2)C2=C(C(=O)[C@H](C(=O)OCC)[C@@H](c3cccs3)C2)[C@H]1c1cccc(Cl)c1Cl. The quantitative estimate of drug-likeness (QED) is 0.238. The third kappa shape index (κ3) is 5.16. The highest BCUT2D eigenvalue weighted by Crippen LogP contribution is 2.53. The molecule has 0 saturated carbocycles. The van der Waals surface area contributed by atoms with Crippen LogP contribution in [0.15, 0.2) is 88.7 Å². The second kappa shape index (κ2) is 12.1. The van der Waals surface area contributed by atoms with E-state index in [2.05, 4.69) is 0 Å². The van der Waals surface area contributed by atoms with Gasteiger partial charge in [-0.2, -0.15) is 0 Å². The fraction of sp³-hybridized carbons (Fsp3) is 0.258. The topological polar surface area (TPSA) is 98.9 Å². The van der Waals surface area contributed by atoms with Gasteiger partial charge in [0.05, 0.1) is 34.8 Å². The van der Waals surface area contributed by atoms with Crippen molar-refractivity contribution in [3.05, 3.63) is 109 Å². The van der Waals surface area contributed by atoms with Gasteiger partial charge < -0.3 is 15.2 Å². The summed E-state index contributed by atoms with van der Waals surface area (Å²) >= 11 is 14.6. The monoisotopic (exact) mass is 610 g/mol. The van der Waals surface area contributed by atoms with Crippen molar-refractivity contribution in [2.45, 2.75) is 32.1 Å². The van der Waals surface area contributed by atoms with Crippen LogP contribution in [0.25, 0.3) is 0 Å². The summed E-state index contributed by atoms with van der Waals surface area (Å²) in [6.45, 7) is 3.59. The average molecular weight is 612 g/mol. The Balaban J connectivity index is 1.84. The van der Waals surface area contributed by atoms with Gasteiger partial charge in [-0.25, -0.2) is 4.79 Å². The molecule has 3 aromatic rings. The molecule has 0 fully saturated rings. The van der Waals surface area contributed by atoms with Crippen LogP contribution in [0.5, 0.6) is 0 Å². The number of nitrogens with zero attached hydrogens (tertiary/aromatic N) is 1. The van der Waals surface area contributed by atoms with Crippen LogP contribution in [0.2, 0.25) is 10.0 Å². The molecule has 0 amide bonds. The van der Waals surface area contributed by atoms with Crippen molar-refractivity contribution < 1.29 is 23.9 Å². The lowest BCUT2D eigenvalue weighted by Crippen LogP contribution is -2.46. The first-order valence-corrected chi connectivity index (χ1v) is 14.9. The van der Waals surface area contributed by atoms with Gasteiger partial charge >= 0.3 is 11.9 Å². The number of para-hydroxylation sites is 1. The predicted octanol–water partition coefficient (Wildman–Crippen LogP) is 6.58. The Morgan fingerprint density at radius 3 is 2.39 bits per heavy atom. The third-order valence-corrected chi connectivity index (χ3v) is 9.13. The molecular formula is C31H28Cl2N2O5S. The van der Waals surface area contributed by atoms with Gasteiger partial charge in [-0.3, -0.25) is 14.5 Å². The zero-order chi connectivity index (χ0) is 29.3. The molecule has 0 spiro atoms. The minimum absolute atomic E-state index is 0.0455. The van der Waals surface area contributed by atoms with Crippen molar-refractivity contribution in [2.75, 3.05) is 18.1 Å². The maximum Gasteiger partial charge on any atom is 0.338 e. The number of thiophene rings is 1. The first kappa shape index (κ1) is 28.9. The maximum absolute atomic E-state index is 14.7. The van der Waals surface area contributed by atoms with Crippen LogP contribution in [-0.2, 0) is 23.9 Å². The van der Waals surface area contributed by atoms with Gasteiger partial charge in [0, 0.05) is 27.8 Å². The number of hydrogen-bond acceptors (Lipinski definition) is 8. The molecule has 1 aliphatic heterocycles. The first-order valence-electron chi connectivity index (χ1n) is 13.2. The number of nitrogens with two attached hydrogens (primary N) is 1. The Morgan fingerprint density at radius 1 is 1.00 bits per heavy atom. The van der Waals surface area contributed by atoms with E-state index in [1.54, 1.807) is 36.9 Å². The minimum Gasteiger partial charge on any atom is -0.465 e. The summed E-state index contributed by atoms with van der Waals surface area (Å²) in [5, 5.41) is 2.33. The number of carbonyl (C=O) groups excluding carboxylic acids is 3. The number of allylic oxidation sites excluding steroid dienone is 2. The van der Waals surface area contributed by atoms with Gasteiger partial charge in [0.2, 0.25) is 0 Å². The van der Waals surface area contributed by atoms with Crippen molar-refractivity contribution in [1.29, 1.82) is 0 Å². The molecule has 3 atom stereocenters. The highest BCUT2D eigenvalue weighted by atomic mass is 35.5. The first-order chi connectivity index (χ1) is 19.8. The van der Waals surface area contributed by atoms with Crippen LogP contribution in [-0.4, -0.2) is 30.9 Å². The van der Waals surface area contributed by atoms with Crippen molar-refractivity contribution in [3.8, 4) is 0 Å². The van der Waals surface area contributed by atoms with Gasteiger partial charge in [-0.15, -0.1) is 11.3 Å². The van der Waals surface area contributed by atoms with E-state index < -0.39 is 35.5 Å². The summed E-state index contributed by atoms with van der Waals surface area (Å²) < 4.78 is 10.9. The Labute approximate surface area is 252 Å². The maximum atomic E-state index is 14.7. The van der Waals surface area contributed by atoms with Crippen LogP contribution in [0.1, 0.15) is 42.5 Å². The summed E-state index contributed by atoms with van der Waals surface area (Å²) in [6, 6.07) is 18.0. The lowest BCUT2D eigenvalue weighted by molar-refractivity contribution is -0.152. The zero-order valence-electron chi connectivity index (χ0n) is 22.4. The van der Waals surface area contributed by atoms with Gasteiger partial charge in [0.15, 0.2) is 5.78 Å². The highest BCUT2D eigenvalue weighted by molar-refractivity contribution is 7.10. The van der Waals surface area contributed by atoms with E-state index in [9.17, 15) is 14.4 Å². The molecule has 0 saturated heterocycles. The minimum atomic E-state index is -1.13. The van der Waals surface area contributed by atoms with E-state index in [1.165, 1.54) is 11.3 Å². The molecule has 212 valence electrons. The summed E-state index contributed by atoms with van der Waals surface area (Å²) in [5.74, 6) is -4.32. The molecule has 2 heterocycles. The number of rotatable bonds is 7. The van der Waals surface area contributed by atoms with Crippen molar-refractivity contribution in [3.63, 3.8) is 0 Å². The number of halogens is 2. The zero-order valence-corrected chi connectivity index (χ0v) is 24.8. The Kier molecular flexibility index (Phi) is 8.54. The average Bonchev–Trinajstić information content (AvgIpc) is 3.49. The Hall–Kier alpha value is -3.59. The van der Waals surface area contributed by atoms with Crippen LogP contribution in [0.3, 0.4) is 0 Å². The number of esters is 2. The number of ketones is 1. The highest BCUT2D eigenvalue weighted by Gasteiger charge is 2.52. The molecule has 5 rings (SSSR count). The van der Waals surface area contributed by atoms with E-state index in [4.69, 9.17) is 38.4 Å². The number of carbonyl (C=O) groups is 3. The number of Topliss-reactive ketones (excluding diaryl/α,β-unsaturated/α-hetero) is 1. The molecule has 10 heteroatoms. The van der Waals surface area contributed by atoms with Crippen molar-refractivity contribution in [1.82, 2.24) is 0 Å². The lowest BCUT2D eigenvalue weighted by atomic mass is 9.68. The molecular weight excluding hydrogens is 583 g/mol. The third-order valence-electron chi connectivity index (χ3n) is 7.29. The van der Waals surface area contributed by atoms with Crippen LogP contribution in [0, 0.1) is 5.92 Å². The van der Waals surface area contributed by atoms with E-state index in [1.807, 2.05) is 47.8 Å².